The summed E-state index contributed by atoms with van der Waals surface area (Å²) < 4.78 is 1.93. The maximum absolute atomic E-state index is 11.3. The van der Waals surface area contributed by atoms with Crippen molar-refractivity contribution in [3.05, 3.63) is 73.4 Å². The quantitative estimate of drug-likeness (QED) is 0.383. The lowest BCUT2D eigenvalue weighted by Gasteiger charge is -2.11. The van der Waals surface area contributed by atoms with Gasteiger partial charge in [0.25, 0.3) is 0 Å². The zero-order valence-electron chi connectivity index (χ0n) is 20.0. The van der Waals surface area contributed by atoms with Gasteiger partial charge < -0.3 is 10.6 Å². The molecule has 0 aliphatic heterocycles. The van der Waals surface area contributed by atoms with Gasteiger partial charge in [-0.15, -0.1) is 0 Å². The molecule has 0 aliphatic carbocycles. The Morgan fingerprint density at radius 3 is 2.03 bits per heavy atom. The summed E-state index contributed by atoms with van der Waals surface area (Å²) in [5.41, 5.74) is 3.60. The number of hydrogen-bond acceptors (Lipinski definition) is 3. The number of hydrogen-bond donors (Lipinski definition) is 2. The zero-order valence-corrected chi connectivity index (χ0v) is 20.0. The van der Waals surface area contributed by atoms with Crippen LogP contribution in [0.1, 0.15) is 51.9 Å². The molecule has 0 atom stereocenters. The Kier molecular flexibility index (Phi) is 17.8. The van der Waals surface area contributed by atoms with Gasteiger partial charge in [-0.25, -0.2) is 0 Å². The molecule has 1 aromatic carbocycles. The van der Waals surface area contributed by atoms with Gasteiger partial charge in [0.15, 0.2) is 6.29 Å². The van der Waals surface area contributed by atoms with Crippen molar-refractivity contribution in [3.63, 3.8) is 0 Å². The first-order valence-corrected chi connectivity index (χ1v) is 10.5. The van der Waals surface area contributed by atoms with E-state index in [0.29, 0.717) is 5.56 Å². The van der Waals surface area contributed by atoms with Crippen LogP contribution in [-0.2, 0) is 0 Å². The Bertz CT molecular complexity index is 811. The highest BCUT2D eigenvalue weighted by Gasteiger charge is 2.16. The molecule has 0 fully saturated rings. The third kappa shape index (κ3) is 9.10. The number of rotatable bonds is 7. The number of aldehydes is 1. The standard InChI is InChI=1S/C15H16N2O.C6H10.C3H9N.C2H6/c1-4-11(3)17-14-9-7-6-8-12(14)13(10-18)15(17)16-5-2;1-4-6(3)5-2;1-3-4-2;1-2/h4,6-10,16H,1,3,5H2,2H3;4-5H,1H2,2-3H3;4H,3H2,1-2H3;1-2H3/b;6-5+;;. The van der Waals surface area contributed by atoms with E-state index in [0.717, 1.165) is 41.8 Å². The third-order valence-corrected chi connectivity index (χ3v) is 4.03. The molecule has 0 saturated heterocycles. The van der Waals surface area contributed by atoms with Gasteiger partial charge in [-0.1, -0.05) is 76.4 Å². The van der Waals surface area contributed by atoms with Crippen molar-refractivity contribution >= 4 is 28.7 Å². The number of fused-ring (bicyclic) bond motifs is 1. The molecule has 0 saturated carbocycles. The average molecular weight is 412 g/mol. The van der Waals surface area contributed by atoms with E-state index in [2.05, 4.69) is 37.3 Å². The first-order chi connectivity index (χ1) is 14.5. The van der Waals surface area contributed by atoms with Crippen molar-refractivity contribution in [2.75, 3.05) is 25.5 Å². The Morgan fingerprint density at radius 1 is 1.10 bits per heavy atom. The van der Waals surface area contributed by atoms with Gasteiger partial charge in [0, 0.05) is 17.6 Å². The molecule has 30 heavy (non-hydrogen) atoms. The van der Waals surface area contributed by atoms with Gasteiger partial charge >= 0.3 is 0 Å². The molecule has 4 heteroatoms. The fourth-order valence-corrected chi connectivity index (χ4v) is 2.23. The molecular formula is C26H41N3O. The predicted octanol–water partition coefficient (Wildman–Crippen LogP) is 6.93. The second kappa shape index (κ2) is 18.2. The zero-order chi connectivity index (χ0) is 23.5. The molecular weight excluding hydrogens is 370 g/mol. The Labute approximate surface area is 184 Å². The fraction of sp³-hybridized carbons (Fsp3) is 0.346. The van der Waals surface area contributed by atoms with Crippen LogP contribution in [0.5, 0.6) is 0 Å². The van der Waals surface area contributed by atoms with Gasteiger partial charge in [-0.05, 0) is 46.5 Å². The number of anilines is 1. The summed E-state index contributed by atoms with van der Waals surface area (Å²) in [5, 5.41) is 7.08. The maximum atomic E-state index is 11.3. The van der Waals surface area contributed by atoms with E-state index < -0.39 is 0 Å². The summed E-state index contributed by atoms with van der Waals surface area (Å²) >= 11 is 0. The van der Waals surface area contributed by atoms with E-state index in [-0.39, 0.29) is 0 Å². The number of carbonyl (C=O) groups excluding carboxylic acids is 1. The normalized spacial score (nSPS) is 9.63. The molecule has 0 radical (unpaired) electrons. The van der Waals surface area contributed by atoms with E-state index in [1.165, 1.54) is 5.57 Å². The minimum absolute atomic E-state index is 0.662. The Hall–Kier alpha value is -2.85. The lowest BCUT2D eigenvalue weighted by molar-refractivity contribution is 0.112. The third-order valence-electron chi connectivity index (χ3n) is 4.03. The van der Waals surface area contributed by atoms with E-state index in [1.54, 1.807) is 6.08 Å². The average Bonchev–Trinajstić information content (AvgIpc) is 3.13. The van der Waals surface area contributed by atoms with Crippen LogP contribution in [0.25, 0.3) is 16.6 Å². The molecule has 0 bridgehead atoms. The van der Waals surface area contributed by atoms with Crippen LogP contribution in [-0.4, -0.2) is 31.0 Å². The predicted molar refractivity (Wildman–Crippen MR) is 138 cm³/mol. The topological polar surface area (TPSA) is 46.1 Å². The molecule has 0 aliphatic rings. The number of para-hydroxylation sites is 1. The molecule has 2 rings (SSSR count). The first kappa shape index (κ1) is 29.4. The number of allylic oxidation sites excluding steroid dienone is 5. The highest BCUT2D eigenvalue weighted by atomic mass is 16.1. The molecule has 0 unspecified atom stereocenters. The number of carbonyl (C=O) groups is 1. The number of nitrogens with zero attached hydrogens (tertiary/aromatic N) is 1. The summed E-state index contributed by atoms with van der Waals surface area (Å²) in [6.07, 6.45) is 6.42. The minimum Gasteiger partial charge on any atom is -0.371 e. The van der Waals surface area contributed by atoms with Crippen LogP contribution in [0.2, 0.25) is 0 Å². The highest BCUT2D eigenvalue weighted by Crippen LogP contribution is 2.31. The van der Waals surface area contributed by atoms with Crippen molar-refractivity contribution in [1.82, 2.24) is 9.88 Å². The number of benzene rings is 1. The number of aromatic nitrogens is 1. The smallest absolute Gasteiger partial charge is 0.154 e. The van der Waals surface area contributed by atoms with Crippen molar-refractivity contribution in [3.8, 4) is 0 Å². The van der Waals surface area contributed by atoms with E-state index in [4.69, 9.17) is 0 Å². The molecule has 1 heterocycles. The van der Waals surface area contributed by atoms with Gasteiger partial charge in [-0.2, -0.15) is 0 Å². The number of nitrogens with one attached hydrogen (secondary N) is 2. The Morgan fingerprint density at radius 2 is 1.67 bits per heavy atom. The van der Waals surface area contributed by atoms with Crippen LogP contribution in [0.15, 0.2) is 67.8 Å². The highest BCUT2D eigenvalue weighted by molar-refractivity contribution is 6.05. The maximum Gasteiger partial charge on any atom is 0.154 e. The second-order valence-electron chi connectivity index (χ2n) is 5.90. The van der Waals surface area contributed by atoms with Crippen LogP contribution >= 0.6 is 0 Å². The SMILES string of the molecule is C=C/C(C)=C/C.C=CC(=C)n1c(NCC)c(C=O)c2ccccc21.CC.CCNC. The largest absolute Gasteiger partial charge is 0.371 e. The molecule has 0 amide bonds. The van der Waals surface area contributed by atoms with Crippen molar-refractivity contribution in [2.24, 2.45) is 0 Å². The first-order valence-electron chi connectivity index (χ1n) is 10.5. The lowest BCUT2D eigenvalue weighted by atomic mass is 10.2. The summed E-state index contributed by atoms with van der Waals surface area (Å²) in [6.45, 7) is 25.2. The monoisotopic (exact) mass is 411 g/mol. The minimum atomic E-state index is 0.662. The fourth-order valence-electron chi connectivity index (χ4n) is 2.23. The summed E-state index contributed by atoms with van der Waals surface area (Å²) in [4.78, 5) is 11.3. The molecule has 0 spiro atoms. The van der Waals surface area contributed by atoms with Crippen molar-refractivity contribution < 1.29 is 4.79 Å². The molecule has 2 N–H and O–H groups in total. The Balaban J connectivity index is 0. The van der Waals surface area contributed by atoms with Crippen LogP contribution in [0.4, 0.5) is 5.82 Å². The molecule has 166 valence electrons. The lowest BCUT2D eigenvalue weighted by Crippen LogP contribution is -2.06. The summed E-state index contributed by atoms with van der Waals surface area (Å²) in [6, 6.07) is 7.77. The van der Waals surface area contributed by atoms with Gasteiger partial charge in [0.1, 0.15) is 5.82 Å². The van der Waals surface area contributed by atoms with Gasteiger partial charge in [0.2, 0.25) is 0 Å². The molecule has 1 aromatic heterocycles. The van der Waals surface area contributed by atoms with Crippen LogP contribution in [0, 0.1) is 0 Å². The molecule has 4 nitrogen and oxygen atoms in total. The molecule has 2 aromatic rings. The van der Waals surface area contributed by atoms with E-state index >= 15 is 0 Å². The van der Waals surface area contributed by atoms with Gasteiger partial charge in [-0.3, -0.25) is 9.36 Å². The van der Waals surface area contributed by atoms with Crippen LogP contribution < -0.4 is 10.6 Å². The van der Waals surface area contributed by atoms with Crippen molar-refractivity contribution in [1.29, 1.82) is 0 Å². The second-order valence-corrected chi connectivity index (χ2v) is 5.90. The van der Waals surface area contributed by atoms with E-state index in [1.807, 2.05) is 82.7 Å². The van der Waals surface area contributed by atoms with E-state index in [9.17, 15) is 4.79 Å². The van der Waals surface area contributed by atoms with Crippen LogP contribution in [0.3, 0.4) is 0 Å². The summed E-state index contributed by atoms with van der Waals surface area (Å²) in [5.74, 6) is 0.776. The van der Waals surface area contributed by atoms with Crippen molar-refractivity contribution in [2.45, 2.75) is 41.5 Å². The van der Waals surface area contributed by atoms with Gasteiger partial charge in [0.05, 0.1) is 11.1 Å². The summed E-state index contributed by atoms with van der Waals surface area (Å²) in [7, 11) is 1.93.